The van der Waals surface area contributed by atoms with Gasteiger partial charge in [-0.3, -0.25) is 9.59 Å². The first-order chi connectivity index (χ1) is 10.9. The molecule has 0 aromatic heterocycles. The predicted molar refractivity (Wildman–Crippen MR) is 91.8 cm³/mol. The van der Waals surface area contributed by atoms with Gasteiger partial charge < -0.3 is 10.2 Å². The number of carbonyl (C=O) groups is 2. The van der Waals surface area contributed by atoms with Crippen molar-refractivity contribution in [3.8, 4) is 0 Å². The van der Waals surface area contributed by atoms with E-state index in [4.69, 9.17) is 0 Å². The van der Waals surface area contributed by atoms with Gasteiger partial charge in [0.1, 0.15) is 0 Å². The van der Waals surface area contributed by atoms with E-state index in [1.54, 1.807) is 11.9 Å². The lowest BCUT2D eigenvalue weighted by Gasteiger charge is -2.18. The van der Waals surface area contributed by atoms with Crippen LogP contribution in [0.5, 0.6) is 0 Å². The van der Waals surface area contributed by atoms with Crippen LogP contribution in [0, 0.1) is 0 Å². The van der Waals surface area contributed by atoms with Crippen molar-refractivity contribution in [1.82, 2.24) is 5.32 Å². The standard InChI is InChI=1S/C19H26N2O2/c1-19(2)15-12-13(10-11-16(15)21(3)18(19)23)17(22)20-14-8-6-4-5-7-9-14/h10-12,14H,4-9H2,1-3H3,(H,20,22). The zero-order valence-electron chi connectivity index (χ0n) is 14.3. The van der Waals surface area contributed by atoms with E-state index in [0.717, 1.165) is 24.1 Å². The molecule has 0 spiro atoms. The van der Waals surface area contributed by atoms with Crippen molar-refractivity contribution < 1.29 is 9.59 Å². The lowest BCUT2D eigenvalue weighted by molar-refractivity contribution is -0.121. The molecule has 1 fully saturated rings. The number of amides is 2. The van der Waals surface area contributed by atoms with E-state index in [1.807, 2.05) is 32.0 Å². The molecule has 2 aliphatic rings. The molecule has 1 heterocycles. The fraction of sp³-hybridized carbons (Fsp3) is 0.579. The summed E-state index contributed by atoms with van der Waals surface area (Å²) in [5, 5.41) is 3.18. The maximum atomic E-state index is 12.6. The minimum Gasteiger partial charge on any atom is -0.349 e. The van der Waals surface area contributed by atoms with Crippen molar-refractivity contribution in [2.45, 2.75) is 63.8 Å². The highest BCUT2D eigenvalue weighted by Gasteiger charge is 2.42. The molecule has 1 N–H and O–H groups in total. The largest absolute Gasteiger partial charge is 0.349 e. The minimum absolute atomic E-state index is 0.0162. The Kier molecular flexibility index (Phi) is 4.17. The highest BCUT2D eigenvalue weighted by atomic mass is 16.2. The minimum atomic E-state index is -0.567. The summed E-state index contributed by atoms with van der Waals surface area (Å²) in [4.78, 5) is 26.6. The number of anilines is 1. The van der Waals surface area contributed by atoms with Gasteiger partial charge in [0.25, 0.3) is 5.91 Å². The second kappa shape index (κ2) is 5.99. The summed E-state index contributed by atoms with van der Waals surface area (Å²) in [7, 11) is 1.79. The molecule has 1 aliphatic carbocycles. The number of fused-ring (bicyclic) bond motifs is 1. The summed E-state index contributed by atoms with van der Waals surface area (Å²) in [6.07, 6.45) is 7.08. The first-order valence-electron chi connectivity index (χ1n) is 8.65. The molecule has 1 aromatic rings. The Balaban J connectivity index is 1.81. The molecule has 3 rings (SSSR count). The van der Waals surface area contributed by atoms with Crippen molar-refractivity contribution in [1.29, 1.82) is 0 Å². The summed E-state index contributed by atoms with van der Waals surface area (Å²) < 4.78 is 0. The van der Waals surface area contributed by atoms with E-state index < -0.39 is 5.41 Å². The van der Waals surface area contributed by atoms with E-state index >= 15 is 0 Å². The Bertz CT molecular complexity index is 628. The van der Waals surface area contributed by atoms with E-state index in [0.29, 0.717) is 5.56 Å². The van der Waals surface area contributed by atoms with Gasteiger partial charge in [0, 0.05) is 24.3 Å². The van der Waals surface area contributed by atoms with E-state index in [9.17, 15) is 9.59 Å². The first kappa shape index (κ1) is 16.0. The van der Waals surface area contributed by atoms with Crippen molar-refractivity contribution in [3.63, 3.8) is 0 Å². The Morgan fingerprint density at radius 1 is 1.17 bits per heavy atom. The molecule has 23 heavy (non-hydrogen) atoms. The molecule has 0 unspecified atom stereocenters. The van der Waals surface area contributed by atoms with Gasteiger partial charge in [-0.2, -0.15) is 0 Å². The maximum absolute atomic E-state index is 12.6. The molecule has 1 saturated carbocycles. The highest BCUT2D eigenvalue weighted by molar-refractivity contribution is 6.08. The average Bonchev–Trinajstić information content (AvgIpc) is 2.75. The van der Waals surface area contributed by atoms with Gasteiger partial charge in [0.2, 0.25) is 5.91 Å². The number of nitrogens with one attached hydrogen (secondary N) is 1. The maximum Gasteiger partial charge on any atom is 0.251 e. The van der Waals surface area contributed by atoms with Gasteiger partial charge in [-0.1, -0.05) is 25.7 Å². The van der Waals surface area contributed by atoms with Crippen LogP contribution < -0.4 is 10.2 Å². The monoisotopic (exact) mass is 314 g/mol. The number of carbonyl (C=O) groups excluding carboxylic acids is 2. The molecular formula is C19H26N2O2. The zero-order chi connectivity index (χ0) is 16.6. The van der Waals surface area contributed by atoms with Crippen LogP contribution in [0.2, 0.25) is 0 Å². The topological polar surface area (TPSA) is 49.4 Å². The SMILES string of the molecule is CN1C(=O)C(C)(C)c2cc(C(=O)NC3CCCCCC3)ccc21. The number of likely N-dealkylation sites (N-methyl/N-ethyl adjacent to an activating group) is 1. The molecule has 4 heteroatoms. The van der Waals surface area contributed by atoms with Crippen molar-refractivity contribution in [2.24, 2.45) is 0 Å². The molecule has 2 amide bonds. The Morgan fingerprint density at radius 2 is 1.83 bits per heavy atom. The van der Waals surface area contributed by atoms with E-state index in [-0.39, 0.29) is 17.9 Å². The van der Waals surface area contributed by atoms with Crippen molar-refractivity contribution in [2.75, 3.05) is 11.9 Å². The van der Waals surface area contributed by atoms with Crippen LogP contribution in [-0.4, -0.2) is 24.9 Å². The summed E-state index contributed by atoms with van der Waals surface area (Å²) in [6, 6.07) is 5.90. The van der Waals surface area contributed by atoms with Gasteiger partial charge in [-0.15, -0.1) is 0 Å². The third kappa shape index (κ3) is 2.87. The normalized spacial score (nSPS) is 21.0. The fourth-order valence-corrected chi connectivity index (χ4v) is 3.81. The number of nitrogens with zero attached hydrogens (tertiary/aromatic N) is 1. The second-order valence-electron chi connectivity index (χ2n) is 7.38. The number of benzene rings is 1. The third-order valence-corrected chi connectivity index (χ3v) is 5.32. The summed E-state index contributed by atoms with van der Waals surface area (Å²) in [5.74, 6) is 0.0614. The predicted octanol–water partition coefficient (Wildman–Crippen LogP) is 3.39. The molecule has 0 atom stereocenters. The van der Waals surface area contributed by atoms with Crippen LogP contribution in [-0.2, 0) is 10.2 Å². The molecule has 124 valence electrons. The van der Waals surface area contributed by atoms with E-state index in [1.165, 1.54) is 25.7 Å². The quantitative estimate of drug-likeness (QED) is 0.851. The van der Waals surface area contributed by atoms with Crippen LogP contribution >= 0.6 is 0 Å². The average molecular weight is 314 g/mol. The zero-order valence-corrected chi connectivity index (χ0v) is 14.3. The lowest BCUT2D eigenvalue weighted by Crippen LogP contribution is -2.34. The molecule has 0 bridgehead atoms. The molecule has 0 saturated heterocycles. The van der Waals surface area contributed by atoms with Crippen molar-refractivity contribution in [3.05, 3.63) is 29.3 Å². The third-order valence-electron chi connectivity index (χ3n) is 5.32. The molecule has 1 aromatic carbocycles. The van der Waals surface area contributed by atoms with Gasteiger partial charge in [-0.05, 0) is 50.5 Å². The smallest absolute Gasteiger partial charge is 0.251 e. The van der Waals surface area contributed by atoms with Gasteiger partial charge in [0.05, 0.1) is 5.41 Å². The Morgan fingerprint density at radius 3 is 2.48 bits per heavy atom. The molecular weight excluding hydrogens is 288 g/mol. The Hall–Kier alpha value is -1.84. The Labute approximate surface area is 138 Å². The van der Waals surface area contributed by atoms with Crippen LogP contribution in [0.1, 0.15) is 68.3 Å². The fourth-order valence-electron chi connectivity index (χ4n) is 3.81. The first-order valence-corrected chi connectivity index (χ1v) is 8.65. The van der Waals surface area contributed by atoms with Gasteiger partial charge in [0.15, 0.2) is 0 Å². The summed E-state index contributed by atoms with van der Waals surface area (Å²) in [6.45, 7) is 3.84. The van der Waals surface area contributed by atoms with Crippen LogP contribution in [0.3, 0.4) is 0 Å². The van der Waals surface area contributed by atoms with Gasteiger partial charge in [-0.25, -0.2) is 0 Å². The van der Waals surface area contributed by atoms with Crippen molar-refractivity contribution >= 4 is 17.5 Å². The molecule has 1 aliphatic heterocycles. The lowest BCUT2D eigenvalue weighted by atomic mass is 9.85. The number of hydrogen-bond acceptors (Lipinski definition) is 2. The van der Waals surface area contributed by atoms with Crippen LogP contribution in [0.15, 0.2) is 18.2 Å². The second-order valence-corrected chi connectivity index (χ2v) is 7.38. The molecule has 0 radical (unpaired) electrons. The van der Waals surface area contributed by atoms with Gasteiger partial charge >= 0.3 is 0 Å². The van der Waals surface area contributed by atoms with E-state index in [2.05, 4.69) is 5.32 Å². The van der Waals surface area contributed by atoms with Crippen LogP contribution in [0.25, 0.3) is 0 Å². The molecule has 4 nitrogen and oxygen atoms in total. The number of rotatable bonds is 2. The summed E-state index contributed by atoms with van der Waals surface area (Å²) >= 11 is 0. The van der Waals surface area contributed by atoms with Crippen LogP contribution in [0.4, 0.5) is 5.69 Å². The summed E-state index contributed by atoms with van der Waals surface area (Å²) in [5.41, 5.74) is 1.94. The highest BCUT2D eigenvalue weighted by Crippen LogP contribution is 2.41. The number of hydrogen-bond donors (Lipinski definition) is 1.